The van der Waals surface area contributed by atoms with E-state index in [1.54, 1.807) is 6.08 Å². The molecule has 0 radical (unpaired) electrons. The Morgan fingerprint density at radius 1 is 1.07 bits per heavy atom. The third-order valence-electron chi connectivity index (χ3n) is 4.75. The van der Waals surface area contributed by atoms with Crippen molar-refractivity contribution in [1.29, 1.82) is 0 Å². The van der Waals surface area contributed by atoms with Crippen LogP contribution in [-0.2, 0) is 6.54 Å². The van der Waals surface area contributed by atoms with Crippen molar-refractivity contribution < 1.29 is 4.79 Å². The van der Waals surface area contributed by atoms with Gasteiger partial charge >= 0.3 is 0 Å². The Kier molecular flexibility index (Phi) is 4.24. The van der Waals surface area contributed by atoms with Crippen LogP contribution in [0, 0.1) is 13.8 Å². The Balaban J connectivity index is 1.85. The lowest BCUT2D eigenvalue weighted by molar-refractivity contribution is 0.104. The third-order valence-corrected chi connectivity index (χ3v) is 4.75. The van der Waals surface area contributed by atoms with Crippen LogP contribution < -0.4 is 0 Å². The average molecular weight is 355 g/mol. The van der Waals surface area contributed by atoms with Crippen molar-refractivity contribution in [2.24, 2.45) is 0 Å². The van der Waals surface area contributed by atoms with Gasteiger partial charge in [-0.1, -0.05) is 54.1 Å². The van der Waals surface area contributed by atoms with Gasteiger partial charge in [-0.15, -0.1) is 6.58 Å². The Morgan fingerprint density at radius 2 is 1.78 bits per heavy atom. The van der Waals surface area contributed by atoms with Gasteiger partial charge in [-0.2, -0.15) is 5.10 Å². The maximum Gasteiger partial charge on any atom is 0.191 e. The number of aromatic nitrogens is 3. The first-order valence-corrected chi connectivity index (χ1v) is 8.96. The molecule has 0 unspecified atom stereocenters. The molecule has 0 saturated heterocycles. The third kappa shape index (κ3) is 2.89. The number of aryl methyl sites for hydroxylation is 2. The zero-order valence-electron chi connectivity index (χ0n) is 15.5. The van der Waals surface area contributed by atoms with Crippen LogP contribution in [-0.4, -0.2) is 20.0 Å². The minimum absolute atomic E-state index is 0.0452. The lowest BCUT2D eigenvalue weighted by atomic mass is 10.1. The molecule has 27 heavy (non-hydrogen) atoms. The monoisotopic (exact) mass is 355 g/mol. The highest BCUT2D eigenvalue weighted by Crippen LogP contribution is 2.26. The SMILES string of the molecule is C=CCn1c2ccccc2n2nc(C)c(C(=O)C=Cc3ccc(C)cc3)c12. The second-order valence-corrected chi connectivity index (χ2v) is 6.69. The van der Waals surface area contributed by atoms with Crippen molar-refractivity contribution in [1.82, 2.24) is 14.2 Å². The summed E-state index contributed by atoms with van der Waals surface area (Å²) in [6.07, 6.45) is 5.32. The number of nitrogens with zero attached hydrogens (tertiary/aromatic N) is 3. The van der Waals surface area contributed by atoms with E-state index >= 15 is 0 Å². The molecule has 0 N–H and O–H groups in total. The molecule has 134 valence electrons. The predicted molar refractivity (Wildman–Crippen MR) is 110 cm³/mol. The zero-order chi connectivity index (χ0) is 19.0. The molecule has 2 aromatic carbocycles. The molecule has 0 amide bonds. The van der Waals surface area contributed by atoms with Gasteiger partial charge in [0.05, 0.1) is 22.3 Å². The molecule has 2 heterocycles. The van der Waals surface area contributed by atoms with Crippen LogP contribution in [0.3, 0.4) is 0 Å². The van der Waals surface area contributed by atoms with Gasteiger partial charge in [0.1, 0.15) is 5.65 Å². The van der Waals surface area contributed by atoms with Crippen LogP contribution in [0.5, 0.6) is 0 Å². The van der Waals surface area contributed by atoms with Crippen LogP contribution in [0.2, 0.25) is 0 Å². The number of allylic oxidation sites excluding steroid dienone is 2. The van der Waals surface area contributed by atoms with E-state index in [4.69, 9.17) is 0 Å². The summed E-state index contributed by atoms with van der Waals surface area (Å²) in [6.45, 7) is 8.41. The standard InChI is InChI=1S/C23H21N3O/c1-4-15-25-19-7-5-6-8-20(19)26-23(25)22(17(3)24-26)21(27)14-13-18-11-9-16(2)10-12-18/h4-14H,1,15H2,2-3H3. The predicted octanol–water partition coefficient (Wildman–Crippen LogP) is 4.99. The topological polar surface area (TPSA) is 39.3 Å². The number of carbonyl (C=O) groups excluding carboxylic acids is 1. The maximum absolute atomic E-state index is 13.0. The lowest BCUT2D eigenvalue weighted by Gasteiger charge is -2.03. The average Bonchev–Trinajstić information content (AvgIpc) is 3.16. The normalized spacial score (nSPS) is 11.6. The Morgan fingerprint density at radius 3 is 2.48 bits per heavy atom. The first kappa shape index (κ1) is 17.0. The molecule has 4 nitrogen and oxygen atoms in total. The summed E-state index contributed by atoms with van der Waals surface area (Å²) >= 11 is 0. The van der Waals surface area contributed by atoms with Crippen molar-refractivity contribution in [3.05, 3.63) is 89.6 Å². The second-order valence-electron chi connectivity index (χ2n) is 6.69. The van der Waals surface area contributed by atoms with Crippen LogP contribution >= 0.6 is 0 Å². The number of ketones is 1. The maximum atomic E-state index is 13.0. The molecule has 2 aromatic heterocycles. The summed E-state index contributed by atoms with van der Waals surface area (Å²) in [6, 6.07) is 16.1. The molecule has 0 aliphatic carbocycles. The molecule has 0 saturated carbocycles. The number of fused-ring (bicyclic) bond motifs is 3. The molecule has 0 spiro atoms. The van der Waals surface area contributed by atoms with Crippen molar-refractivity contribution >= 4 is 28.5 Å². The van der Waals surface area contributed by atoms with E-state index in [-0.39, 0.29) is 5.78 Å². The van der Waals surface area contributed by atoms with Gasteiger partial charge < -0.3 is 4.57 Å². The molecule has 0 fully saturated rings. The molecule has 0 aliphatic heterocycles. The van der Waals surface area contributed by atoms with Crippen molar-refractivity contribution in [3.63, 3.8) is 0 Å². The van der Waals surface area contributed by atoms with Crippen LogP contribution in [0.15, 0.2) is 67.3 Å². The van der Waals surface area contributed by atoms with Gasteiger partial charge in [-0.05, 0) is 37.6 Å². The van der Waals surface area contributed by atoms with Gasteiger partial charge in [-0.25, -0.2) is 4.52 Å². The minimum atomic E-state index is -0.0452. The van der Waals surface area contributed by atoms with Gasteiger partial charge in [0.25, 0.3) is 0 Å². The Bertz CT molecular complexity index is 1190. The number of para-hydroxylation sites is 2. The molecule has 0 aliphatic rings. The fourth-order valence-corrected chi connectivity index (χ4v) is 3.45. The summed E-state index contributed by atoms with van der Waals surface area (Å²) in [5, 5.41) is 4.64. The van der Waals surface area contributed by atoms with Gasteiger partial charge in [0, 0.05) is 6.54 Å². The number of carbonyl (C=O) groups is 1. The smallest absolute Gasteiger partial charge is 0.191 e. The Hall–Kier alpha value is -3.40. The fraction of sp³-hybridized carbons (Fsp3) is 0.130. The zero-order valence-corrected chi connectivity index (χ0v) is 15.5. The lowest BCUT2D eigenvalue weighted by Crippen LogP contribution is -2.02. The molecule has 4 rings (SSSR count). The highest BCUT2D eigenvalue weighted by atomic mass is 16.1. The summed E-state index contributed by atoms with van der Waals surface area (Å²) in [7, 11) is 0. The van der Waals surface area contributed by atoms with Gasteiger partial charge in [-0.3, -0.25) is 4.79 Å². The fourth-order valence-electron chi connectivity index (χ4n) is 3.45. The van der Waals surface area contributed by atoms with E-state index in [1.807, 2.05) is 79.0 Å². The van der Waals surface area contributed by atoms with Gasteiger partial charge in [0.15, 0.2) is 5.78 Å². The minimum Gasteiger partial charge on any atom is -0.320 e. The molecular weight excluding hydrogens is 334 g/mol. The van der Waals surface area contributed by atoms with E-state index in [1.165, 1.54) is 5.56 Å². The number of rotatable bonds is 5. The second kappa shape index (κ2) is 6.72. The highest BCUT2D eigenvalue weighted by molar-refractivity contribution is 6.12. The highest BCUT2D eigenvalue weighted by Gasteiger charge is 2.21. The van der Waals surface area contributed by atoms with Crippen molar-refractivity contribution in [3.8, 4) is 0 Å². The number of hydrogen-bond acceptors (Lipinski definition) is 2. The van der Waals surface area contributed by atoms with Gasteiger partial charge in [0.2, 0.25) is 0 Å². The summed E-state index contributed by atoms with van der Waals surface area (Å²) < 4.78 is 3.95. The quantitative estimate of drug-likeness (QED) is 0.287. The molecule has 4 aromatic rings. The molecule has 4 heteroatoms. The summed E-state index contributed by atoms with van der Waals surface area (Å²) in [4.78, 5) is 13.0. The van der Waals surface area contributed by atoms with Crippen molar-refractivity contribution in [2.45, 2.75) is 20.4 Å². The van der Waals surface area contributed by atoms with Crippen LogP contribution in [0.25, 0.3) is 22.8 Å². The van der Waals surface area contributed by atoms with Crippen LogP contribution in [0.1, 0.15) is 27.2 Å². The molecule has 0 atom stereocenters. The molecular formula is C23H21N3O. The first-order valence-electron chi connectivity index (χ1n) is 8.96. The number of hydrogen-bond donors (Lipinski definition) is 0. The summed E-state index contributed by atoms with van der Waals surface area (Å²) in [5.41, 5.74) is 6.40. The Labute approximate surface area is 158 Å². The van der Waals surface area contributed by atoms with E-state index in [0.29, 0.717) is 12.1 Å². The number of imidazole rings is 1. The van der Waals surface area contributed by atoms with E-state index < -0.39 is 0 Å². The van der Waals surface area contributed by atoms with E-state index in [0.717, 1.165) is 27.9 Å². The molecule has 0 bridgehead atoms. The first-order chi connectivity index (χ1) is 13.1. The van der Waals surface area contributed by atoms with Crippen molar-refractivity contribution in [2.75, 3.05) is 0 Å². The van der Waals surface area contributed by atoms with E-state index in [9.17, 15) is 4.79 Å². The summed E-state index contributed by atoms with van der Waals surface area (Å²) in [5.74, 6) is -0.0452. The van der Waals surface area contributed by atoms with E-state index in [2.05, 4.69) is 16.2 Å². The van der Waals surface area contributed by atoms with Crippen LogP contribution in [0.4, 0.5) is 0 Å². The number of benzene rings is 2. The largest absolute Gasteiger partial charge is 0.320 e.